The van der Waals surface area contributed by atoms with Crippen molar-refractivity contribution in [3.05, 3.63) is 76.2 Å². The summed E-state index contributed by atoms with van der Waals surface area (Å²) in [5, 5.41) is 3.35. The Bertz CT molecular complexity index is 1090. The van der Waals surface area contributed by atoms with E-state index in [0.717, 1.165) is 55.0 Å². The van der Waals surface area contributed by atoms with E-state index in [4.69, 9.17) is 9.97 Å². The molecule has 0 fully saturated rings. The first-order valence-electron chi connectivity index (χ1n) is 10.9. The highest BCUT2D eigenvalue weighted by atomic mass is 19.1. The van der Waals surface area contributed by atoms with Gasteiger partial charge in [0.2, 0.25) is 5.95 Å². The first-order chi connectivity index (χ1) is 14.6. The van der Waals surface area contributed by atoms with Crippen molar-refractivity contribution in [3.8, 4) is 0 Å². The van der Waals surface area contributed by atoms with Crippen LogP contribution in [0.4, 0.5) is 21.8 Å². The maximum Gasteiger partial charge on any atom is 0.229 e. The van der Waals surface area contributed by atoms with Gasteiger partial charge in [-0.3, -0.25) is 0 Å². The average Bonchev–Trinajstić information content (AvgIpc) is 2.76. The molecule has 1 N–H and O–H groups in total. The first-order valence-corrected chi connectivity index (χ1v) is 10.9. The Hall–Kier alpha value is -2.95. The number of benzene rings is 2. The molecule has 5 rings (SSSR count). The second-order valence-electron chi connectivity index (χ2n) is 8.41. The van der Waals surface area contributed by atoms with E-state index in [9.17, 15) is 4.39 Å². The number of aromatic nitrogens is 2. The van der Waals surface area contributed by atoms with Crippen LogP contribution < -0.4 is 10.2 Å². The predicted octanol–water partition coefficient (Wildman–Crippen LogP) is 5.67. The van der Waals surface area contributed by atoms with E-state index < -0.39 is 0 Å². The third-order valence-corrected chi connectivity index (χ3v) is 6.46. The molecule has 0 radical (unpaired) electrons. The molecule has 0 saturated carbocycles. The summed E-state index contributed by atoms with van der Waals surface area (Å²) in [6.45, 7) is 5.12. The van der Waals surface area contributed by atoms with Crippen LogP contribution in [0.3, 0.4) is 0 Å². The van der Waals surface area contributed by atoms with Gasteiger partial charge >= 0.3 is 0 Å². The fourth-order valence-electron chi connectivity index (χ4n) is 4.82. The number of rotatable bonds is 3. The van der Waals surface area contributed by atoms with Gasteiger partial charge in [0.05, 0.1) is 11.7 Å². The molecule has 154 valence electrons. The van der Waals surface area contributed by atoms with E-state index in [1.54, 1.807) is 6.07 Å². The molecule has 1 aliphatic heterocycles. The lowest BCUT2D eigenvalue weighted by atomic mass is 9.91. The maximum absolute atomic E-state index is 13.5. The van der Waals surface area contributed by atoms with Crippen LogP contribution in [0.15, 0.2) is 42.5 Å². The molecule has 0 spiro atoms. The van der Waals surface area contributed by atoms with Gasteiger partial charge in [-0.15, -0.1) is 0 Å². The number of anilines is 3. The van der Waals surface area contributed by atoms with Crippen LogP contribution in [0.25, 0.3) is 0 Å². The summed E-state index contributed by atoms with van der Waals surface area (Å²) in [6.07, 6.45) is 5.40. The summed E-state index contributed by atoms with van der Waals surface area (Å²) in [6, 6.07) is 13.8. The molecule has 2 aromatic carbocycles. The molecule has 5 heteroatoms. The average molecular weight is 403 g/mol. The van der Waals surface area contributed by atoms with Gasteiger partial charge in [-0.05, 0) is 80.8 Å². The monoisotopic (exact) mass is 402 g/mol. The molecule has 0 amide bonds. The largest absolute Gasteiger partial charge is 0.349 e. The second-order valence-corrected chi connectivity index (χ2v) is 8.41. The maximum atomic E-state index is 13.5. The van der Waals surface area contributed by atoms with Crippen LogP contribution in [0.1, 0.15) is 53.8 Å². The Morgan fingerprint density at radius 3 is 2.73 bits per heavy atom. The number of aryl methyl sites for hydroxylation is 2. The van der Waals surface area contributed by atoms with Crippen LogP contribution in [-0.4, -0.2) is 16.5 Å². The molecule has 1 aliphatic carbocycles. The fraction of sp³-hybridized carbons (Fsp3) is 0.360. The topological polar surface area (TPSA) is 41.1 Å². The van der Waals surface area contributed by atoms with Gasteiger partial charge < -0.3 is 10.2 Å². The van der Waals surface area contributed by atoms with E-state index in [0.29, 0.717) is 5.95 Å². The molecular weight excluding hydrogens is 375 g/mol. The number of hydrogen-bond acceptors (Lipinski definition) is 4. The Labute approximate surface area is 177 Å². The zero-order chi connectivity index (χ0) is 20.7. The molecule has 30 heavy (non-hydrogen) atoms. The van der Waals surface area contributed by atoms with Crippen molar-refractivity contribution in [1.29, 1.82) is 0 Å². The van der Waals surface area contributed by atoms with E-state index >= 15 is 0 Å². The lowest BCUT2D eigenvalue weighted by molar-refractivity contribution is 0.599. The van der Waals surface area contributed by atoms with Crippen molar-refractivity contribution in [2.45, 2.75) is 52.0 Å². The van der Waals surface area contributed by atoms with Crippen molar-refractivity contribution in [1.82, 2.24) is 9.97 Å². The third-order valence-electron chi connectivity index (χ3n) is 6.46. The normalized spacial score (nSPS) is 18.0. The van der Waals surface area contributed by atoms with Gasteiger partial charge in [-0.1, -0.05) is 24.3 Å². The van der Waals surface area contributed by atoms with Crippen LogP contribution in [0, 0.1) is 12.7 Å². The fourth-order valence-corrected chi connectivity index (χ4v) is 4.82. The third kappa shape index (κ3) is 3.42. The molecule has 2 aliphatic rings. The number of nitrogens with zero attached hydrogens (tertiary/aromatic N) is 3. The number of hydrogen-bond donors (Lipinski definition) is 1. The molecular formula is C25H27FN4. The summed E-state index contributed by atoms with van der Waals surface area (Å²) in [4.78, 5) is 12.3. The van der Waals surface area contributed by atoms with Gasteiger partial charge in [0.1, 0.15) is 11.6 Å². The molecule has 1 unspecified atom stereocenters. The van der Waals surface area contributed by atoms with E-state index in [1.807, 2.05) is 6.92 Å². The lowest BCUT2D eigenvalue weighted by Gasteiger charge is -2.38. The molecule has 0 bridgehead atoms. The Morgan fingerprint density at radius 1 is 1.03 bits per heavy atom. The number of fused-ring (bicyclic) bond motifs is 2. The van der Waals surface area contributed by atoms with Crippen LogP contribution in [-0.2, 0) is 19.3 Å². The van der Waals surface area contributed by atoms with Gasteiger partial charge in [-0.25, -0.2) is 9.37 Å². The minimum Gasteiger partial charge on any atom is -0.349 e. The highest BCUT2D eigenvalue weighted by Gasteiger charge is 2.29. The van der Waals surface area contributed by atoms with Gasteiger partial charge in [0.15, 0.2) is 0 Å². The van der Waals surface area contributed by atoms with Crippen LogP contribution in [0.2, 0.25) is 0 Å². The van der Waals surface area contributed by atoms with E-state index in [2.05, 4.69) is 41.4 Å². The highest BCUT2D eigenvalue weighted by molar-refractivity contribution is 5.62. The molecule has 1 aromatic heterocycles. The SMILES string of the molecule is Cc1cc(F)ccc1Nc1nc2c(c(N3CCc4ccccc4C3C)n1)CCCC2. The smallest absolute Gasteiger partial charge is 0.229 e. The zero-order valence-electron chi connectivity index (χ0n) is 17.6. The summed E-state index contributed by atoms with van der Waals surface area (Å²) in [5.74, 6) is 1.43. The summed E-state index contributed by atoms with van der Waals surface area (Å²) in [7, 11) is 0. The molecule has 2 heterocycles. The minimum atomic E-state index is -0.231. The van der Waals surface area contributed by atoms with Crippen LogP contribution >= 0.6 is 0 Å². The van der Waals surface area contributed by atoms with Crippen molar-refractivity contribution in [2.75, 3.05) is 16.8 Å². The zero-order valence-corrected chi connectivity index (χ0v) is 17.6. The van der Waals surface area contributed by atoms with Crippen molar-refractivity contribution in [3.63, 3.8) is 0 Å². The molecule has 4 nitrogen and oxygen atoms in total. The van der Waals surface area contributed by atoms with Crippen molar-refractivity contribution in [2.24, 2.45) is 0 Å². The van der Waals surface area contributed by atoms with Crippen molar-refractivity contribution < 1.29 is 4.39 Å². The van der Waals surface area contributed by atoms with Gasteiger partial charge in [-0.2, -0.15) is 4.98 Å². The van der Waals surface area contributed by atoms with Gasteiger partial charge in [0, 0.05) is 17.8 Å². The summed E-state index contributed by atoms with van der Waals surface area (Å²) >= 11 is 0. The lowest BCUT2D eigenvalue weighted by Crippen LogP contribution is -2.36. The Kier molecular flexibility index (Phi) is 4.89. The first kappa shape index (κ1) is 19.0. The molecule has 0 saturated heterocycles. The number of halogens is 1. The van der Waals surface area contributed by atoms with Gasteiger partial charge in [0.25, 0.3) is 0 Å². The second kappa shape index (κ2) is 7.71. The standard InChI is InChI=1S/C25H27FN4/c1-16-15-19(26)11-12-22(16)27-25-28-23-10-6-5-9-21(23)24(29-25)30-14-13-18-7-3-4-8-20(18)17(30)2/h3-4,7-8,11-12,15,17H,5-6,9-10,13-14H2,1-2H3,(H,27,28,29). The predicted molar refractivity (Wildman–Crippen MR) is 119 cm³/mol. The number of nitrogens with one attached hydrogen (secondary N) is 1. The minimum absolute atomic E-state index is 0.231. The van der Waals surface area contributed by atoms with E-state index in [-0.39, 0.29) is 11.9 Å². The summed E-state index contributed by atoms with van der Waals surface area (Å²) in [5.41, 5.74) is 6.96. The van der Waals surface area contributed by atoms with E-state index in [1.165, 1.54) is 35.2 Å². The quantitative estimate of drug-likeness (QED) is 0.613. The highest BCUT2D eigenvalue weighted by Crippen LogP contribution is 2.37. The molecule has 1 atom stereocenters. The van der Waals surface area contributed by atoms with Crippen LogP contribution in [0.5, 0.6) is 0 Å². The Morgan fingerprint density at radius 2 is 1.87 bits per heavy atom. The molecule has 3 aromatic rings. The summed E-state index contributed by atoms with van der Waals surface area (Å²) < 4.78 is 13.5. The van der Waals surface area contributed by atoms with Crippen molar-refractivity contribution >= 4 is 17.5 Å². The Balaban J connectivity index is 1.55.